The van der Waals surface area contributed by atoms with Gasteiger partial charge in [-0.2, -0.15) is 0 Å². The van der Waals surface area contributed by atoms with Gasteiger partial charge >= 0.3 is 5.97 Å². The van der Waals surface area contributed by atoms with Crippen LogP contribution in [0, 0.1) is 0 Å². The molecular formula is C20H21NO5. The Morgan fingerprint density at radius 1 is 1.04 bits per heavy atom. The predicted molar refractivity (Wildman–Crippen MR) is 96.9 cm³/mol. The molecule has 0 radical (unpaired) electrons. The van der Waals surface area contributed by atoms with Crippen molar-refractivity contribution in [3.05, 3.63) is 53.6 Å². The Morgan fingerprint density at radius 3 is 2.50 bits per heavy atom. The highest BCUT2D eigenvalue weighted by atomic mass is 16.5. The summed E-state index contributed by atoms with van der Waals surface area (Å²) in [5.74, 6) is 0.124. The van der Waals surface area contributed by atoms with Gasteiger partial charge in [-0.1, -0.05) is 18.2 Å². The number of methoxy groups -OCH3 is 2. The lowest BCUT2D eigenvalue weighted by Crippen LogP contribution is -2.39. The quantitative estimate of drug-likeness (QED) is 0.772. The molecule has 1 heterocycles. The van der Waals surface area contributed by atoms with E-state index in [1.54, 1.807) is 24.0 Å². The van der Waals surface area contributed by atoms with E-state index >= 15 is 0 Å². The molecule has 6 heteroatoms. The Balaban J connectivity index is 1.71. The average Bonchev–Trinajstić information content (AvgIpc) is 3.10. The van der Waals surface area contributed by atoms with Gasteiger partial charge in [-0.15, -0.1) is 0 Å². The fourth-order valence-corrected chi connectivity index (χ4v) is 3.03. The van der Waals surface area contributed by atoms with Crippen LogP contribution in [-0.4, -0.2) is 38.7 Å². The molecule has 1 unspecified atom stereocenters. The first-order valence-corrected chi connectivity index (χ1v) is 8.37. The number of carbonyl (C=O) groups is 2. The second-order valence-electron chi connectivity index (χ2n) is 5.99. The van der Waals surface area contributed by atoms with E-state index in [1.165, 1.54) is 20.3 Å². The molecule has 0 N–H and O–H groups in total. The van der Waals surface area contributed by atoms with Gasteiger partial charge in [-0.3, -0.25) is 4.79 Å². The van der Waals surface area contributed by atoms with E-state index in [1.807, 2.05) is 24.3 Å². The van der Waals surface area contributed by atoms with Gasteiger partial charge in [0.25, 0.3) is 5.91 Å². The maximum atomic E-state index is 12.7. The number of esters is 1. The predicted octanol–water partition coefficient (Wildman–Crippen LogP) is 2.84. The minimum atomic E-state index is -0.887. The second kappa shape index (κ2) is 7.47. The van der Waals surface area contributed by atoms with Crippen LogP contribution in [0.25, 0.3) is 0 Å². The average molecular weight is 355 g/mol. The molecule has 0 saturated carbocycles. The van der Waals surface area contributed by atoms with E-state index in [2.05, 4.69) is 0 Å². The molecule has 1 aliphatic heterocycles. The van der Waals surface area contributed by atoms with Gasteiger partial charge in [-0.05, 0) is 43.2 Å². The number of nitrogens with zero attached hydrogens (tertiary/aromatic N) is 1. The van der Waals surface area contributed by atoms with Crippen LogP contribution >= 0.6 is 0 Å². The van der Waals surface area contributed by atoms with Crippen LogP contribution in [0.3, 0.4) is 0 Å². The van der Waals surface area contributed by atoms with Crippen molar-refractivity contribution in [3.63, 3.8) is 0 Å². The molecule has 0 aliphatic carbocycles. The first-order valence-electron chi connectivity index (χ1n) is 8.37. The molecule has 0 aromatic heterocycles. The zero-order valence-corrected chi connectivity index (χ0v) is 15.0. The molecule has 0 fully saturated rings. The highest BCUT2D eigenvalue weighted by Gasteiger charge is 2.30. The number of ether oxygens (including phenoxy) is 3. The van der Waals surface area contributed by atoms with Crippen LogP contribution in [-0.2, 0) is 16.0 Å². The highest BCUT2D eigenvalue weighted by Crippen LogP contribution is 2.29. The molecule has 26 heavy (non-hydrogen) atoms. The third kappa shape index (κ3) is 3.35. The summed E-state index contributed by atoms with van der Waals surface area (Å²) in [7, 11) is 3.01. The van der Waals surface area contributed by atoms with Gasteiger partial charge < -0.3 is 19.1 Å². The summed E-state index contributed by atoms with van der Waals surface area (Å²) in [6.45, 7) is 2.18. The molecule has 0 saturated heterocycles. The lowest BCUT2D eigenvalue weighted by molar-refractivity contribution is -0.126. The number of anilines is 1. The molecule has 136 valence electrons. The second-order valence-corrected chi connectivity index (χ2v) is 5.99. The van der Waals surface area contributed by atoms with Gasteiger partial charge in [0, 0.05) is 12.2 Å². The van der Waals surface area contributed by atoms with Crippen molar-refractivity contribution in [2.24, 2.45) is 0 Å². The molecule has 6 nitrogen and oxygen atoms in total. The zero-order chi connectivity index (χ0) is 18.7. The molecule has 1 aliphatic rings. The third-order valence-electron chi connectivity index (χ3n) is 4.40. The smallest absolute Gasteiger partial charge is 0.339 e. The van der Waals surface area contributed by atoms with Crippen molar-refractivity contribution in [1.82, 2.24) is 0 Å². The van der Waals surface area contributed by atoms with Crippen LogP contribution in [0.5, 0.6) is 11.5 Å². The van der Waals surface area contributed by atoms with E-state index in [4.69, 9.17) is 14.2 Å². The number of benzene rings is 2. The fourth-order valence-electron chi connectivity index (χ4n) is 3.03. The van der Waals surface area contributed by atoms with Gasteiger partial charge in [-0.25, -0.2) is 4.79 Å². The monoisotopic (exact) mass is 355 g/mol. The summed E-state index contributed by atoms with van der Waals surface area (Å²) in [4.78, 5) is 26.8. The largest absolute Gasteiger partial charge is 0.493 e. The summed E-state index contributed by atoms with van der Waals surface area (Å²) in [6, 6.07) is 12.5. The Labute approximate surface area is 152 Å². The summed E-state index contributed by atoms with van der Waals surface area (Å²) in [5, 5.41) is 0. The topological polar surface area (TPSA) is 65.1 Å². The summed E-state index contributed by atoms with van der Waals surface area (Å²) >= 11 is 0. The highest BCUT2D eigenvalue weighted by molar-refractivity contribution is 6.00. The molecular weight excluding hydrogens is 334 g/mol. The van der Waals surface area contributed by atoms with E-state index in [9.17, 15) is 9.59 Å². The van der Waals surface area contributed by atoms with Gasteiger partial charge in [0.1, 0.15) is 0 Å². The Morgan fingerprint density at radius 2 is 1.77 bits per heavy atom. The van der Waals surface area contributed by atoms with Crippen molar-refractivity contribution < 1.29 is 23.8 Å². The van der Waals surface area contributed by atoms with Gasteiger partial charge in [0.15, 0.2) is 17.6 Å². The number of amides is 1. The molecule has 3 rings (SSSR count). The molecule has 2 aromatic carbocycles. The van der Waals surface area contributed by atoms with Crippen molar-refractivity contribution >= 4 is 17.6 Å². The first kappa shape index (κ1) is 17.8. The molecule has 1 amide bonds. The fraction of sp³-hybridized carbons (Fsp3) is 0.300. The summed E-state index contributed by atoms with van der Waals surface area (Å²) < 4.78 is 15.7. The normalized spacial score (nSPS) is 13.7. The van der Waals surface area contributed by atoms with E-state index in [0.29, 0.717) is 23.6 Å². The van der Waals surface area contributed by atoms with Crippen LogP contribution < -0.4 is 14.4 Å². The molecule has 1 atom stereocenters. The molecule has 0 spiro atoms. The van der Waals surface area contributed by atoms with Crippen molar-refractivity contribution in [2.45, 2.75) is 19.4 Å². The van der Waals surface area contributed by atoms with Gasteiger partial charge in [0.2, 0.25) is 0 Å². The van der Waals surface area contributed by atoms with Crippen LogP contribution in [0.15, 0.2) is 42.5 Å². The molecule has 0 bridgehead atoms. The number of carbonyl (C=O) groups excluding carboxylic acids is 2. The van der Waals surface area contributed by atoms with E-state index in [0.717, 1.165) is 17.7 Å². The number of para-hydroxylation sites is 1. The van der Waals surface area contributed by atoms with Crippen LogP contribution in [0.4, 0.5) is 5.69 Å². The molecule has 2 aromatic rings. The summed E-state index contributed by atoms with van der Waals surface area (Å²) in [6.07, 6.45) is -0.0834. The number of hydrogen-bond acceptors (Lipinski definition) is 5. The summed E-state index contributed by atoms with van der Waals surface area (Å²) in [5.41, 5.74) is 2.30. The van der Waals surface area contributed by atoms with Crippen molar-refractivity contribution in [2.75, 3.05) is 25.7 Å². The van der Waals surface area contributed by atoms with Gasteiger partial charge in [0.05, 0.1) is 19.8 Å². The number of hydrogen-bond donors (Lipinski definition) is 0. The lowest BCUT2D eigenvalue weighted by atomic mass is 10.2. The SMILES string of the molecule is COc1ccc(C(=O)OC(C)C(=O)N2CCc3ccccc32)cc1OC. The minimum Gasteiger partial charge on any atom is -0.493 e. The van der Waals surface area contributed by atoms with Crippen molar-refractivity contribution in [1.29, 1.82) is 0 Å². The maximum Gasteiger partial charge on any atom is 0.339 e. The van der Waals surface area contributed by atoms with E-state index in [-0.39, 0.29) is 5.91 Å². The standard InChI is InChI=1S/C20H21NO5/c1-13(19(22)21-11-10-14-6-4-5-7-16(14)21)26-20(23)15-8-9-17(24-2)18(12-15)25-3/h4-9,12-13H,10-11H2,1-3H3. The Bertz CT molecular complexity index is 833. The van der Waals surface area contributed by atoms with Crippen molar-refractivity contribution in [3.8, 4) is 11.5 Å². The number of fused-ring (bicyclic) bond motifs is 1. The van der Waals surface area contributed by atoms with Crippen LogP contribution in [0.2, 0.25) is 0 Å². The minimum absolute atomic E-state index is 0.233. The Kier molecular flexibility index (Phi) is 5.11. The Hall–Kier alpha value is -3.02. The van der Waals surface area contributed by atoms with E-state index < -0.39 is 12.1 Å². The first-order chi connectivity index (χ1) is 12.5. The zero-order valence-electron chi connectivity index (χ0n) is 15.0. The maximum absolute atomic E-state index is 12.7. The number of rotatable bonds is 5. The third-order valence-corrected chi connectivity index (χ3v) is 4.40. The lowest BCUT2D eigenvalue weighted by Gasteiger charge is -2.21. The van der Waals surface area contributed by atoms with Crippen LogP contribution in [0.1, 0.15) is 22.8 Å².